The number of hydrogen-bond acceptors (Lipinski definition) is 2. The fraction of sp³-hybridized carbons (Fsp3) is 0.667. The average molecular weight is 309 g/mol. The topological polar surface area (TPSA) is 29.3 Å². The molecule has 0 saturated heterocycles. The molecule has 1 aromatic rings. The van der Waals surface area contributed by atoms with Crippen LogP contribution in [0.1, 0.15) is 51.6 Å². The molecule has 4 unspecified atom stereocenters. The van der Waals surface area contributed by atoms with Crippen molar-refractivity contribution >= 4 is 11.6 Å². The SMILES string of the molecule is CC1CCC(CN)(N(C)C(C)c2ccc(Cl)cc2)CC1C. The van der Waals surface area contributed by atoms with Crippen LogP contribution in [0.2, 0.25) is 5.02 Å². The quantitative estimate of drug-likeness (QED) is 0.888. The highest BCUT2D eigenvalue weighted by Gasteiger charge is 2.41. The summed E-state index contributed by atoms with van der Waals surface area (Å²) in [7, 11) is 2.23. The van der Waals surface area contributed by atoms with Gasteiger partial charge in [0.15, 0.2) is 0 Å². The lowest BCUT2D eigenvalue weighted by Crippen LogP contribution is -2.56. The fourth-order valence-electron chi connectivity index (χ4n) is 3.71. The fourth-order valence-corrected chi connectivity index (χ4v) is 3.83. The Morgan fingerprint density at radius 2 is 1.90 bits per heavy atom. The van der Waals surface area contributed by atoms with Gasteiger partial charge in [-0.15, -0.1) is 0 Å². The van der Waals surface area contributed by atoms with E-state index in [4.69, 9.17) is 17.3 Å². The zero-order valence-corrected chi connectivity index (χ0v) is 14.5. The molecule has 1 aliphatic carbocycles. The lowest BCUT2D eigenvalue weighted by molar-refractivity contribution is 0.0149. The molecule has 2 N–H and O–H groups in total. The second kappa shape index (κ2) is 6.68. The molecule has 0 aromatic heterocycles. The number of benzene rings is 1. The van der Waals surface area contributed by atoms with Gasteiger partial charge in [-0.25, -0.2) is 0 Å². The predicted molar refractivity (Wildman–Crippen MR) is 91.6 cm³/mol. The highest BCUT2D eigenvalue weighted by Crippen LogP contribution is 2.41. The summed E-state index contributed by atoms with van der Waals surface area (Å²) >= 11 is 6.00. The first-order valence-corrected chi connectivity index (χ1v) is 8.46. The lowest BCUT2D eigenvalue weighted by Gasteiger charge is -2.50. The van der Waals surface area contributed by atoms with Crippen LogP contribution >= 0.6 is 11.6 Å². The van der Waals surface area contributed by atoms with E-state index in [2.05, 4.69) is 44.9 Å². The highest BCUT2D eigenvalue weighted by molar-refractivity contribution is 6.30. The van der Waals surface area contributed by atoms with Crippen LogP contribution in [-0.2, 0) is 0 Å². The van der Waals surface area contributed by atoms with Crippen molar-refractivity contribution in [1.29, 1.82) is 0 Å². The van der Waals surface area contributed by atoms with E-state index in [1.165, 1.54) is 24.8 Å². The van der Waals surface area contributed by atoms with Crippen molar-refractivity contribution in [3.8, 4) is 0 Å². The van der Waals surface area contributed by atoms with Crippen molar-refractivity contribution in [1.82, 2.24) is 4.90 Å². The number of nitrogens with two attached hydrogens (primary N) is 1. The summed E-state index contributed by atoms with van der Waals surface area (Å²) in [6, 6.07) is 8.56. The Balaban J connectivity index is 2.19. The standard InChI is InChI=1S/C18H29ClN2/c1-13-9-10-18(12-20,11-14(13)2)21(4)15(3)16-5-7-17(19)8-6-16/h5-8,13-15H,9-12,20H2,1-4H3. The first kappa shape index (κ1) is 16.8. The molecular formula is C18H29ClN2. The van der Waals surface area contributed by atoms with Crippen molar-refractivity contribution in [3.63, 3.8) is 0 Å². The summed E-state index contributed by atoms with van der Waals surface area (Å²) in [5, 5.41) is 0.794. The Morgan fingerprint density at radius 1 is 1.29 bits per heavy atom. The Morgan fingerprint density at radius 3 is 2.43 bits per heavy atom. The first-order valence-electron chi connectivity index (χ1n) is 8.08. The largest absolute Gasteiger partial charge is 0.329 e. The van der Waals surface area contributed by atoms with Gasteiger partial charge in [-0.1, -0.05) is 37.6 Å². The minimum atomic E-state index is 0.130. The predicted octanol–water partition coefficient (Wildman–Crippen LogP) is 4.49. The Hall–Kier alpha value is -0.570. The Bertz CT molecular complexity index is 459. The van der Waals surface area contributed by atoms with Gasteiger partial charge in [0.1, 0.15) is 0 Å². The van der Waals surface area contributed by atoms with Crippen molar-refractivity contribution < 1.29 is 0 Å². The summed E-state index contributed by atoms with van der Waals surface area (Å²) in [4.78, 5) is 2.50. The van der Waals surface area contributed by atoms with Crippen LogP contribution in [0, 0.1) is 11.8 Å². The van der Waals surface area contributed by atoms with Gasteiger partial charge in [0, 0.05) is 23.1 Å². The second-order valence-electron chi connectivity index (χ2n) is 6.96. The molecule has 0 amide bonds. The van der Waals surface area contributed by atoms with Crippen LogP contribution in [0.5, 0.6) is 0 Å². The summed E-state index contributed by atoms with van der Waals surface area (Å²) in [5.74, 6) is 1.55. The van der Waals surface area contributed by atoms with E-state index in [1.807, 2.05) is 12.1 Å². The van der Waals surface area contributed by atoms with Crippen molar-refractivity contribution in [2.45, 2.75) is 51.6 Å². The Kier molecular flexibility index (Phi) is 5.34. The second-order valence-corrected chi connectivity index (χ2v) is 7.40. The molecule has 21 heavy (non-hydrogen) atoms. The van der Waals surface area contributed by atoms with E-state index in [1.54, 1.807) is 0 Å². The van der Waals surface area contributed by atoms with E-state index < -0.39 is 0 Å². The normalized spacial score (nSPS) is 31.4. The zero-order valence-electron chi connectivity index (χ0n) is 13.8. The van der Waals surface area contributed by atoms with E-state index in [0.29, 0.717) is 6.04 Å². The maximum Gasteiger partial charge on any atom is 0.0406 e. The van der Waals surface area contributed by atoms with Gasteiger partial charge in [-0.2, -0.15) is 0 Å². The molecular weight excluding hydrogens is 280 g/mol. The number of rotatable bonds is 4. The third-order valence-electron chi connectivity index (χ3n) is 5.80. The molecule has 0 heterocycles. The highest BCUT2D eigenvalue weighted by atomic mass is 35.5. The molecule has 1 aromatic carbocycles. The molecule has 2 rings (SSSR count). The first-order chi connectivity index (χ1) is 9.89. The molecule has 2 nitrogen and oxygen atoms in total. The molecule has 0 radical (unpaired) electrons. The number of halogens is 1. The average Bonchev–Trinajstić information content (AvgIpc) is 2.49. The van der Waals surface area contributed by atoms with Gasteiger partial charge in [-0.3, -0.25) is 4.90 Å². The van der Waals surface area contributed by atoms with E-state index in [9.17, 15) is 0 Å². The van der Waals surface area contributed by atoms with Crippen LogP contribution in [0.3, 0.4) is 0 Å². The number of likely N-dealkylation sites (N-methyl/N-ethyl adjacent to an activating group) is 1. The molecule has 1 saturated carbocycles. The molecule has 0 aliphatic heterocycles. The molecule has 1 aliphatic rings. The van der Waals surface area contributed by atoms with Gasteiger partial charge < -0.3 is 5.73 Å². The lowest BCUT2D eigenvalue weighted by atomic mass is 9.70. The van der Waals surface area contributed by atoms with Crippen molar-refractivity contribution in [2.24, 2.45) is 17.6 Å². The maximum atomic E-state index is 6.22. The third-order valence-corrected chi connectivity index (χ3v) is 6.05. The van der Waals surface area contributed by atoms with Crippen LogP contribution in [-0.4, -0.2) is 24.0 Å². The molecule has 4 atom stereocenters. The minimum absolute atomic E-state index is 0.130. The van der Waals surface area contributed by atoms with Gasteiger partial charge in [0.25, 0.3) is 0 Å². The summed E-state index contributed by atoms with van der Waals surface area (Å²) in [5.41, 5.74) is 7.66. The summed E-state index contributed by atoms with van der Waals surface area (Å²) in [6.07, 6.45) is 3.67. The van der Waals surface area contributed by atoms with Crippen LogP contribution in [0.4, 0.5) is 0 Å². The van der Waals surface area contributed by atoms with Crippen LogP contribution in [0.25, 0.3) is 0 Å². The van der Waals surface area contributed by atoms with Crippen LogP contribution < -0.4 is 5.73 Å². The summed E-state index contributed by atoms with van der Waals surface area (Å²) in [6.45, 7) is 7.74. The molecule has 118 valence electrons. The molecule has 0 bridgehead atoms. The van der Waals surface area contributed by atoms with Gasteiger partial charge in [-0.05, 0) is 62.8 Å². The van der Waals surface area contributed by atoms with Gasteiger partial charge >= 0.3 is 0 Å². The third kappa shape index (κ3) is 3.44. The Labute approximate surface area is 134 Å². The van der Waals surface area contributed by atoms with Gasteiger partial charge in [0.05, 0.1) is 0 Å². The monoisotopic (exact) mass is 308 g/mol. The van der Waals surface area contributed by atoms with Crippen molar-refractivity contribution in [3.05, 3.63) is 34.9 Å². The number of hydrogen-bond donors (Lipinski definition) is 1. The molecule has 0 spiro atoms. The van der Waals surface area contributed by atoms with Crippen molar-refractivity contribution in [2.75, 3.05) is 13.6 Å². The van der Waals surface area contributed by atoms with Gasteiger partial charge in [0.2, 0.25) is 0 Å². The van der Waals surface area contributed by atoms with E-state index in [-0.39, 0.29) is 5.54 Å². The van der Waals surface area contributed by atoms with Crippen LogP contribution in [0.15, 0.2) is 24.3 Å². The molecule has 3 heteroatoms. The summed E-state index contributed by atoms with van der Waals surface area (Å²) < 4.78 is 0. The van der Waals surface area contributed by atoms with E-state index >= 15 is 0 Å². The minimum Gasteiger partial charge on any atom is -0.329 e. The molecule has 1 fully saturated rings. The van der Waals surface area contributed by atoms with E-state index in [0.717, 1.165) is 23.4 Å². The number of nitrogens with zero attached hydrogens (tertiary/aromatic N) is 1. The smallest absolute Gasteiger partial charge is 0.0406 e. The zero-order chi connectivity index (χ0) is 15.6. The maximum absolute atomic E-state index is 6.22.